The Balaban J connectivity index is 4.43. The summed E-state index contributed by atoms with van der Waals surface area (Å²) in [6, 6.07) is -0.367. The van der Waals surface area contributed by atoms with Crippen LogP contribution in [0.4, 0.5) is 4.79 Å². The van der Waals surface area contributed by atoms with Gasteiger partial charge in [-0.25, -0.2) is 4.79 Å². The molecule has 0 saturated heterocycles. The van der Waals surface area contributed by atoms with E-state index in [0.29, 0.717) is 6.54 Å². The van der Waals surface area contributed by atoms with Crippen LogP contribution >= 0.6 is 0 Å². The van der Waals surface area contributed by atoms with Gasteiger partial charge in [0.25, 0.3) is 0 Å². The lowest BCUT2D eigenvalue weighted by molar-refractivity contribution is -0.146. The molecule has 3 N–H and O–H groups in total. The zero-order valence-electron chi connectivity index (χ0n) is 11.8. The summed E-state index contributed by atoms with van der Waals surface area (Å²) < 4.78 is 0. The summed E-state index contributed by atoms with van der Waals surface area (Å²) in [4.78, 5) is 24.2. The van der Waals surface area contributed by atoms with Gasteiger partial charge in [-0.1, -0.05) is 0 Å². The Hall–Kier alpha value is -1.30. The van der Waals surface area contributed by atoms with E-state index < -0.39 is 17.0 Å². The molecule has 0 aliphatic carbocycles. The van der Waals surface area contributed by atoms with Gasteiger partial charge >= 0.3 is 12.0 Å². The van der Waals surface area contributed by atoms with Crippen molar-refractivity contribution in [1.29, 1.82) is 0 Å². The number of hydrogen-bond donors (Lipinski definition) is 3. The largest absolute Gasteiger partial charge is 0.481 e. The highest BCUT2D eigenvalue weighted by Crippen LogP contribution is 2.13. The molecule has 0 bridgehead atoms. The van der Waals surface area contributed by atoms with E-state index in [2.05, 4.69) is 5.32 Å². The Bertz CT molecular complexity index is 308. The first-order valence-electron chi connectivity index (χ1n) is 5.98. The molecule has 18 heavy (non-hydrogen) atoms. The standard InChI is InChI=1S/C12H24N2O4/c1-6-14(8-12(4,5)18)10(17)13-7-11(2,3)9(15)16/h18H,6-8H2,1-5H3,(H,13,17)(H,15,16). The summed E-state index contributed by atoms with van der Waals surface area (Å²) in [7, 11) is 0. The number of nitrogens with zero attached hydrogens (tertiary/aromatic N) is 1. The van der Waals surface area contributed by atoms with E-state index >= 15 is 0 Å². The normalized spacial score (nSPS) is 12.1. The van der Waals surface area contributed by atoms with E-state index in [-0.39, 0.29) is 19.1 Å². The number of carboxylic acids is 1. The lowest BCUT2D eigenvalue weighted by Crippen LogP contribution is -2.49. The minimum atomic E-state index is -1.01. The molecule has 0 fully saturated rings. The minimum Gasteiger partial charge on any atom is -0.481 e. The highest BCUT2D eigenvalue weighted by molar-refractivity contribution is 5.77. The minimum absolute atomic E-state index is 0.0452. The summed E-state index contributed by atoms with van der Waals surface area (Å²) in [5.41, 5.74) is -1.99. The van der Waals surface area contributed by atoms with Crippen LogP contribution in [0.2, 0.25) is 0 Å². The third-order valence-corrected chi connectivity index (χ3v) is 2.51. The molecule has 0 unspecified atom stereocenters. The number of urea groups is 1. The van der Waals surface area contributed by atoms with E-state index in [1.807, 2.05) is 0 Å². The van der Waals surface area contributed by atoms with E-state index in [1.54, 1.807) is 34.6 Å². The van der Waals surface area contributed by atoms with Crippen molar-refractivity contribution >= 4 is 12.0 Å². The van der Waals surface area contributed by atoms with Crippen molar-refractivity contribution in [2.75, 3.05) is 19.6 Å². The van der Waals surface area contributed by atoms with Gasteiger partial charge in [-0.05, 0) is 34.6 Å². The Kier molecular flexibility index (Phi) is 5.60. The molecule has 0 saturated carbocycles. The fourth-order valence-electron chi connectivity index (χ4n) is 1.28. The van der Waals surface area contributed by atoms with Gasteiger partial charge in [0, 0.05) is 13.1 Å². The molecule has 0 aromatic rings. The Morgan fingerprint density at radius 3 is 2.06 bits per heavy atom. The first kappa shape index (κ1) is 16.7. The van der Waals surface area contributed by atoms with Crippen LogP contribution in [-0.4, -0.2) is 52.3 Å². The first-order valence-corrected chi connectivity index (χ1v) is 5.98. The highest BCUT2D eigenvalue weighted by atomic mass is 16.4. The number of aliphatic hydroxyl groups is 1. The van der Waals surface area contributed by atoms with Gasteiger partial charge in [0.15, 0.2) is 0 Å². The molecule has 0 aliphatic rings. The summed E-state index contributed by atoms with van der Waals surface area (Å²) in [6.07, 6.45) is 0. The van der Waals surface area contributed by atoms with Crippen molar-refractivity contribution < 1.29 is 19.8 Å². The zero-order valence-corrected chi connectivity index (χ0v) is 11.8. The summed E-state index contributed by atoms with van der Waals surface area (Å²) in [5, 5.41) is 21.2. The molecule has 0 spiro atoms. The van der Waals surface area contributed by atoms with Crippen LogP contribution in [0.5, 0.6) is 0 Å². The SMILES string of the molecule is CCN(CC(C)(C)O)C(=O)NCC(C)(C)C(=O)O. The van der Waals surface area contributed by atoms with Gasteiger partial charge in [0.1, 0.15) is 0 Å². The molecular weight excluding hydrogens is 236 g/mol. The summed E-state index contributed by atoms with van der Waals surface area (Å²) >= 11 is 0. The molecular formula is C12H24N2O4. The number of hydrogen-bond acceptors (Lipinski definition) is 3. The average molecular weight is 260 g/mol. The second-order valence-electron chi connectivity index (χ2n) is 5.67. The van der Waals surface area contributed by atoms with Crippen LogP contribution in [-0.2, 0) is 4.79 Å². The van der Waals surface area contributed by atoms with E-state index in [1.165, 1.54) is 4.90 Å². The molecule has 0 aromatic carbocycles. The number of likely N-dealkylation sites (N-methyl/N-ethyl adjacent to an activating group) is 1. The van der Waals surface area contributed by atoms with E-state index in [4.69, 9.17) is 5.11 Å². The van der Waals surface area contributed by atoms with Crippen LogP contribution < -0.4 is 5.32 Å². The van der Waals surface area contributed by atoms with Gasteiger partial charge in [-0.3, -0.25) is 4.79 Å². The number of nitrogens with one attached hydrogen (secondary N) is 1. The maximum atomic E-state index is 11.8. The van der Waals surface area contributed by atoms with Gasteiger partial charge in [0.2, 0.25) is 0 Å². The van der Waals surface area contributed by atoms with Crippen molar-refractivity contribution in [3.05, 3.63) is 0 Å². The number of rotatable bonds is 6. The van der Waals surface area contributed by atoms with E-state index in [9.17, 15) is 14.7 Å². The number of aliphatic carboxylic acids is 1. The smallest absolute Gasteiger partial charge is 0.317 e. The van der Waals surface area contributed by atoms with Gasteiger partial charge in [0.05, 0.1) is 17.6 Å². The van der Waals surface area contributed by atoms with Crippen molar-refractivity contribution in [2.45, 2.75) is 40.2 Å². The third kappa shape index (κ3) is 5.86. The first-order chi connectivity index (χ1) is 7.99. The lowest BCUT2D eigenvalue weighted by atomic mass is 9.94. The third-order valence-electron chi connectivity index (χ3n) is 2.51. The topological polar surface area (TPSA) is 89.9 Å². The molecule has 6 nitrogen and oxygen atoms in total. The number of amides is 2. The summed E-state index contributed by atoms with van der Waals surface area (Å²) in [6.45, 7) is 8.81. The van der Waals surface area contributed by atoms with E-state index in [0.717, 1.165) is 0 Å². The molecule has 0 radical (unpaired) electrons. The maximum absolute atomic E-state index is 11.8. The molecule has 0 aliphatic heterocycles. The van der Waals surface area contributed by atoms with Crippen LogP contribution in [0.1, 0.15) is 34.6 Å². The lowest BCUT2D eigenvalue weighted by Gasteiger charge is -2.29. The van der Waals surface area contributed by atoms with Crippen LogP contribution in [0.15, 0.2) is 0 Å². The fourth-order valence-corrected chi connectivity index (χ4v) is 1.28. The predicted octanol–water partition coefficient (Wildman–Crippen LogP) is 0.900. The van der Waals surface area contributed by atoms with Crippen molar-refractivity contribution in [3.63, 3.8) is 0 Å². The van der Waals surface area contributed by atoms with Crippen molar-refractivity contribution in [2.24, 2.45) is 5.41 Å². The van der Waals surface area contributed by atoms with Crippen LogP contribution in [0.25, 0.3) is 0 Å². The second-order valence-corrected chi connectivity index (χ2v) is 5.67. The van der Waals surface area contributed by atoms with Crippen molar-refractivity contribution in [3.8, 4) is 0 Å². The molecule has 2 amide bonds. The molecule has 0 heterocycles. The van der Waals surface area contributed by atoms with Crippen LogP contribution in [0.3, 0.4) is 0 Å². The second kappa shape index (κ2) is 6.04. The molecule has 6 heteroatoms. The Morgan fingerprint density at radius 1 is 1.22 bits per heavy atom. The Labute approximate surface area is 108 Å². The fraction of sp³-hybridized carbons (Fsp3) is 0.833. The molecule has 0 rings (SSSR count). The number of carbonyl (C=O) groups is 2. The van der Waals surface area contributed by atoms with Gasteiger partial charge in [-0.15, -0.1) is 0 Å². The monoisotopic (exact) mass is 260 g/mol. The zero-order chi connectivity index (χ0) is 14.6. The predicted molar refractivity (Wildman–Crippen MR) is 68.4 cm³/mol. The Morgan fingerprint density at radius 2 is 1.72 bits per heavy atom. The van der Waals surface area contributed by atoms with Crippen LogP contribution in [0, 0.1) is 5.41 Å². The quantitative estimate of drug-likeness (QED) is 0.662. The van der Waals surface area contributed by atoms with Crippen molar-refractivity contribution in [1.82, 2.24) is 10.2 Å². The summed E-state index contributed by atoms with van der Waals surface area (Å²) in [5.74, 6) is -0.965. The maximum Gasteiger partial charge on any atom is 0.317 e. The highest BCUT2D eigenvalue weighted by Gasteiger charge is 2.29. The molecule has 0 aromatic heterocycles. The number of carboxylic acid groups (broad SMARTS) is 1. The molecule has 106 valence electrons. The molecule has 0 atom stereocenters. The van der Waals surface area contributed by atoms with Gasteiger partial charge < -0.3 is 20.4 Å². The number of carbonyl (C=O) groups excluding carboxylic acids is 1. The van der Waals surface area contributed by atoms with Gasteiger partial charge in [-0.2, -0.15) is 0 Å². The average Bonchev–Trinajstić information content (AvgIpc) is 2.21.